The van der Waals surface area contributed by atoms with E-state index in [-0.39, 0.29) is 4.90 Å². The van der Waals surface area contributed by atoms with Crippen molar-refractivity contribution in [3.63, 3.8) is 0 Å². The van der Waals surface area contributed by atoms with Crippen LogP contribution in [0.25, 0.3) is 0 Å². The number of sulfonamides is 1. The lowest BCUT2D eigenvalue weighted by Crippen LogP contribution is -2.24. The molecule has 0 spiro atoms. The van der Waals surface area contributed by atoms with E-state index in [0.717, 1.165) is 12.8 Å². The van der Waals surface area contributed by atoms with Gasteiger partial charge in [0, 0.05) is 0 Å². The van der Waals surface area contributed by atoms with E-state index in [4.69, 9.17) is 4.84 Å². The van der Waals surface area contributed by atoms with Gasteiger partial charge >= 0.3 is 0 Å². The maximum atomic E-state index is 11.6. The van der Waals surface area contributed by atoms with E-state index in [1.54, 1.807) is 18.2 Å². The van der Waals surface area contributed by atoms with Crippen LogP contribution in [0.1, 0.15) is 19.8 Å². The number of hydrogen-bond acceptors (Lipinski definition) is 3. The smallest absolute Gasteiger partial charge is 0.262 e. The third-order valence-corrected chi connectivity index (χ3v) is 3.05. The maximum Gasteiger partial charge on any atom is 0.262 e. The molecule has 0 saturated carbocycles. The predicted molar refractivity (Wildman–Crippen MR) is 57.6 cm³/mol. The summed E-state index contributed by atoms with van der Waals surface area (Å²) in [5.74, 6) is 0. The maximum absolute atomic E-state index is 11.6. The summed E-state index contributed by atoms with van der Waals surface area (Å²) in [6, 6.07) is 8.13. The van der Waals surface area contributed by atoms with Crippen molar-refractivity contribution in [2.24, 2.45) is 0 Å². The van der Waals surface area contributed by atoms with Gasteiger partial charge in [-0.25, -0.2) is 8.42 Å². The van der Waals surface area contributed by atoms with Crippen LogP contribution in [0, 0.1) is 0 Å². The van der Waals surface area contributed by atoms with Crippen LogP contribution in [0.4, 0.5) is 0 Å². The van der Waals surface area contributed by atoms with E-state index < -0.39 is 10.0 Å². The minimum absolute atomic E-state index is 0.210. The van der Waals surface area contributed by atoms with Gasteiger partial charge in [-0.3, -0.25) is 4.84 Å². The fourth-order valence-corrected chi connectivity index (χ4v) is 1.83. The Morgan fingerprint density at radius 1 is 1.27 bits per heavy atom. The van der Waals surface area contributed by atoms with Crippen molar-refractivity contribution in [2.45, 2.75) is 24.7 Å². The number of hydrogen-bond donors (Lipinski definition) is 1. The second-order valence-corrected chi connectivity index (χ2v) is 4.75. The molecule has 1 aromatic rings. The predicted octanol–water partition coefficient (Wildman–Crippen LogP) is 1.70. The first-order chi connectivity index (χ1) is 7.17. The first-order valence-corrected chi connectivity index (χ1v) is 6.34. The second kappa shape index (κ2) is 5.85. The largest absolute Gasteiger partial charge is 0.287 e. The highest BCUT2D eigenvalue weighted by molar-refractivity contribution is 7.89. The first kappa shape index (κ1) is 12.2. The summed E-state index contributed by atoms with van der Waals surface area (Å²) in [6.45, 7) is 2.40. The highest BCUT2D eigenvalue weighted by Gasteiger charge is 2.12. The van der Waals surface area contributed by atoms with E-state index in [1.165, 1.54) is 12.1 Å². The fourth-order valence-electron chi connectivity index (χ4n) is 0.984. The fraction of sp³-hybridized carbons (Fsp3) is 0.400. The zero-order valence-corrected chi connectivity index (χ0v) is 9.46. The highest BCUT2D eigenvalue weighted by atomic mass is 32.2. The van der Waals surface area contributed by atoms with E-state index in [1.807, 2.05) is 6.92 Å². The standard InChI is InChI=1S/C10H15NO3S/c1-2-3-9-14-11-15(12,13)10-7-5-4-6-8-10/h4-8,11H,2-3,9H2,1H3. The molecule has 4 nitrogen and oxygen atoms in total. The van der Waals surface area contributed by atoms with Crippen molar-refractivity contribution in [1.82, 2.24) is 4.89 Å². The lowest BCUT2D eigenvalue weighted by Gasteiger charge is -2.06. The molecule has 1 N–H and O–H groups in total. The van der Waals surface area contributed by atoms with Gasteiger partial charge in [0.05, 0.1) is 11.5 Å². The molecule has 5 heteroatoms. The van der Waals surface area contributed by atoms with Gasteiger partial charge < -0.3 is 0 Å². The van der Waals surface area contributed by atoms with Gasteiger partial charge in [0.2, 0.25) is 0 Å². The van der Waals surface area contributed by atoms with E-state index in [2.05, 4.69) is 4.89 Å². The number of benzene rings is 1. The van der Waals surface area contributed by atoms with Crippen molar-refractivity contribution >= 4 is 10.0 Å². The van der Waals surface area contributed by atoms with Crippen molar-refractivity contribution < 1.29 is 13.3 Å². The van der Waals surface area contributed by atoms with Crippen molar-refractivity contribution in [3.05, 3.63) is 30.3 Å². The molecule has 0 amide bonds. The van der Waals surface area contributed by atoms with Crippen molar-refractivity contribution in [1.29, 1.82) is 0 Å². The average molecular weight is 229 g/mol. The molecule has 0 aromatic heterocycles. The molecule has 0 aliphatic carbocycles. The summed E-state index contributed by atoms with van der Waals surface area (Å²) < 4.78 is 23.1. The summed E-state index contributed by atoms with van der Waals surface area (Å²) in [4.78, 5) is 7.15. The summed E-state index contributed by atoms with van der Waals surface area (Å²) >= 11 is 0. The number of unbranched alkanes of at least 4 members (excludes halogenated alkanes) is 1. The second-order valence-electron chi connectivity index (χ2n) is 3.10. The Morgan fingerprint density at radius 2 is 1.93 bits per heavy atom. The highest BCUT2D eigenvalue weighted by Crippen LogP contribution is 2.06. The minimum Gasteiger partial charge on any atom is -0.287 e. The molecule has 0 atom stereocenters. The van der Waals surface area contributed by atoms with Crippen LogP contribution < -0.4 is 4.89 Å². The monoisotopic (exact) mass is 229 g/mol. The Kier molecular flexibility index (Phi) is 4.74. The molecule has 1 rings (SSSR count). The molecule has 84 valence electrons. The lowest BCUT2D eigenvalue weighted by molar-refractivity contribution is 0.0908. The van der Waals surface area contributed by atoms with Crippen LogP contribution in [0.2, 0.25) is 0 Å². The Bertz CT molecular complexity index is 375. The summed E-state index contributed by atoms with van der Waals surface area (Å²) in [6.07, 6.45) is 1.80. The van der Waals surface area contributed by atoms with E-state index in [9.17, 15) is 8.42 Å². The molecular weight excluding hydrogens is 214 g/mol. The molecule has 1 aromatic carbocycles. The lowest BCUT2D eigenvalue weighted by atomic mass is 10.4. The summed E-state index contributed by atoms with van der Waals surface area (Å²) in [7, 11) is -3.51. The molecule has 0 aliphatic rings. The number of nitrogens with one attached hydrogen (secondary N) is 1. The quantitative estimate of drug-likeness (QED) is 0.596. The van der Waals surface area contributed by atoms with Crippen LogP contribution in [-0.2, 0) is 14.9 Å². The molecule has 0 unspecified atom stereocenters. The van der Waals surface area contributed by atoms with Gasteiger partial charge in [-0.15, -0.1) is 0 Å². The SMILES string of the molecule is CCCCONS(=O)(=O)c1ccccc1. The van der Waals surface area contributed by atoms with Gasteiger partial charge in [-0.05, 0) is 18.6 Å². The molecule has 0 saturated heterocycles. The molecule has 15 heavy (non-hydrogen) atoms. The van der Waals surface area contributed by atoms with Gasteiger partial charge in [0.1, 0.15) is 0 Å². The third kappa shape index (κ3) is 3.99. The molecule has 0 heterocycles. The van der Waals surface area contributed by atoms with Crippen molar-refractivity contribution in [3.8, 4) is 0 Å². The van der Waals surface area contributed by atoms with Crippen LogP contribution in [0.15, 0.2) is 35.2 Å². The summed E-state index contributed by atoms with van der Waals surface area (Å²) in [5.41, 5.74) is 0. The van der Waals surface area contributed by atoms with E-state index >= 15 is 0 Å². The summed E-state index contributed by atoms with van der Waals surface area (Å²) in [5, 5.41) is 0. The van der Waals surface area contributed by atoms with Gasteiger partial charge in [-0.1, -0.05) is 36.4 Å². The molecule has 0 bridgehead atoms. The van der Waals surface area contributed by atoms with Gasteiger partial charge in [-0.2, -0.15) is 0 Å². The Balaban J connectivity index is 2.53. The molecular formula is C10H15NO3S. The topological polar surface area (TPSA) is 55.4 Å². The normalized spacial score (nSPS) is 11.5. The van der Waals surface area contributed by atoms with Gasteiger partial charge in [0.25, 0.3) is 10.0 Å². The van der Waals surface area contributed by atoms with Gasteiger partial charge in [0.15, 0.2) is 0 Å². The molecule has 0 aliphatic heterocycles. The molecule has 0 fully saturated rings. The van der Waals surface area contributed by atoms with Crippen LogP contribution in [0.3, 0.4) is 0 Å². The van der Waals surface area contributed by atoms with E-state index in [0.29, 0.717) is 6.61 Å². The Morgan fingerprint density at radius 3 is 2.53 bits per heavy atom. The van der Waals surface area contributed by atoms with Crippen LogP contribution in [-0.4, -0.2) is 15.0 Å². The zero-order valence-electron chi connectivity index (χ0n) is 8.64. The average Bonchev–Trinajstić information content (AvgIpc) is 2.26. The van der Waals surface area contributed by atoms with Crippen LogP contribution in [0.5, 0.6) is 0 Å². The Hall–Kier alpha value is -0.910. The third-order valence-electron chi connectivity index (χ3n) is 1.82. The minimum atomic E-state index is -3.51. The first-order valence-electron chi connectivity index (χ1n) is 4.85. The van der Waals surface area contributed by atoms with Crippen molar-refractivity contribution in [2.75, 3.05) is 6.61 Å². The van der Waals surface area contributed by atoms with Crippen LogP contribution >= 0.6 is 0 Å². The Labute approximate surface area is 90.3 Å². The number of rotatable bonds is 6. The molecule has 0 radical (unpaired) electrons. The zero-order chi connectivity index (χ0) is 11.1.